The van der Waals surface area contributed by atoms with Gasteiger partial charge in [-0.25, -0.2) is 14.4 Å². The highest BCUT2D eigenvalue weighted by molar-refractivity contribution is 5.94. The van der Waals surface area contributed by atoms with E-state index in [2.05, 4.69) is 16.0 Å². The van der Waals surface area contributed by atoms with E-state index < -0.39 is 152 Å². The fraction of sp³-hybridized carbons (Fsp3) is 0.533. The second kappa shape index (κ2) is 22.6. The lowest BCUT2D eigenvalue weighted by Gasteiger charge is -2.53. The summed E-state index contributed by atoms with van der Waals surface area (Å²) in [6.45, 7) is 1.10. The van der Waals surface area contributed by atoms with Crippen LogP contribution in [0.5, 0.6) is 17.2 Å². The number of anilines is 3. The molecule has 25 nitrogen and oxygen atoms in total. The molecule has 0 bridgehead atoms. The molecule has 386 valence electrons. The third-order valence-electron chi connectivity index (χ3n) is 12.4. The van der Waals surface area contributed by atoms with Crippen molar-refractivity contribution in [3.63, 3.8) is 0 Å². The number of aromatic hydroxyl groups is 3. The van der Waals surface area contributed by atoms with E-state index in [1.165, 1.54) is 89.6 Å². The molecule has 70 heavy (non-hydrogen) atoms. The molecule has 15 atom stereocenters. The van der Waals surface area contributed by atoms with Crippen LogP contribution in [0.15, 0.2) is 54.6 Å². The van der Waals surface area contributed by atoms with Gasteiger partial charge in [0, 0.05) is 17.1 Å². The van der Waals surface area contributed by atoms with Gasteiger partial charge in [-0.3, -0.25) is 0 Å². The van der Waals surface area contributed by atoms with Gasteiger partial charge in [-0.2, -0.15) is 0 Å². The summed E-state index contributed by atoms with van der Waals surface area (Å²) >= 11 is 0. The number of nitrogens with one attached hydrogen (secondary N) is 3. The molecule has 0 aromatic heterocycles. The number of aliphatic hydroxyl groups is 5. The number of benzene rings is 3. The van der Waals surface area contributed by atoms with Crippen LogP contribution in [0, 0.1) is 0 Å². The number of ether oxygens (including phenoxy) is 8. The zero-order valence-corrected chi connectivity index (χ0v) is 38.8. The van der Waals surface area contributed by atoms with E-state index in [1.54, 1.807) is 0 Å². The van der Waals surface area contributed by atoms with Crippen molar-refractivity contribution in [2.45, 2.75) is 111 Å². The Hall–Kier alpha value is -5.65. The number of hydrogen-bond acceptors (Lipinski definition) is 25. The maximum absolute atomic E-state index is 13.5. The molecular weight excluding hydrogens is 929 g/mol. The van der Waals surface area contributed by atoms with E-state index in [9.17, 15) is 55.2 Å². The first-order valence-corrected chi connectivity index (χ1v) is 22.1. The maximum atomic E-state index is 13.5. The zero-order valence-electron chi connectivity index (χ0n) is 38.8. The van der Waals surface area contributed by atoms with Gasteiger partial charge >= 0.3 is 17.9 Å². The lowest BCUT2D eigenvalue weighted by molar-refractivity contribution is -0.331. The average Bonchev–Trinajstić information content (AvgIpc) is 3.32. The predicted molar refractivity (Wildman–Crippen MR) is 243 cm³/mol. The monoisotopic (exact) mass is 990 g/mol. The topological polar surface area (TPSA) is 401 Å². The van der Waals surface area contributed by atoms with Crippen molar-refractivity contribution >= 4 is 35.0 Å². The quantitative estimate of drug-likeness (QED) is 0.0285. The van der Waals surface area contributed by atoms with Crippen LogP contribution in [-0.2, 0) is 37.9 Å². The first-order valence-electron chi connectivity index (χ1n) is 22.1. The predicted octanol–water partition coefficient (Wildman–Crippen LogP) is -2.61. The Bertz CT molecular complexity index is 2310. The molecule has 0 radical (unpaired) electrons. The number of phenolic OH excluding ortho intramolecular Hbond substituents is 3. The fourth-order valence-corrected chi connectivity index (χ4v) is 8.62. The molecular formula is C45H62N6O19. The van der Waals surface area contributed by atoms with Crippen LogP contribution < -0.4 is 33.2 Å². The van der Waals surface area contributed by atoms with Crippen LogP contribution in [0.1, 0.15) is 44.9 Å². The number of likely N-dealkylation sites (N-methyl/N-ethyl adjacent to an activating group) is 3. The molecule has 3 saturated heterocycles. The fourth-order valence-electron chi connectivity index (χ4n) is 8.62. The molecule has 25 heteroatoms. The average molecular weight is 991 g/mol. The molecule has 3 aliphatic rings. The largest absolute Gasteiger partial charge is 0.507 e. The van der Waals surface area contributed by atoms with E-state index >= 15 is 0 Å². The second-order valence-electron chi connectivity index (χ2n) is 17.5. The number of carbonyl (C=O) groups is 3. The Morgan fingerprint density at radius 3 is 1.41 bits per heavy atom. The minimum atomic E-state index is -1.68. The third-order valence-corrected chi connectivity index (χ3v) is 12.4. The maximum Gasteiger partial charge on any atom is 0.342 e. The van der Waals surface area contributed by atoms with Crippen LogP contribution in [-0.4, -0.2) is 197 Å². The molecule has 17 N–H and O–H groups in total. The number of hydrogen-bond donors (Lipinski definition) is 14. The van der Waals surface area contributed by atoms with Crippen molar-refractivity contribution < 1.29 is 93.1 Å². The van der Waals surface area contributed by atoms with Crippen molar-refractivity contribution in [3.05, 3.63) is 71.3 Å². The van der Waals surface area contributed by atoms with Gasteiger partial charge in [0.2, 0.25) is 0 Å². The zero-order chi connectivity index (χ0) is 51.4. The van der Waals surface area contributed by atoms with Crippen molar-refractivity contribution in [2.75, 3.05) is 58.2 Å². The smallest absolute Gasteiger partial charge is 0.342 e. The number of aliphatic hydroxyl groups excluding tert-OH is 5. The molecule has 0 saturated carbocycles. The van der Waals surface area contributed by atoms with Crippen LogP contribution in [0.3, 0.4) is 0 Å². The Morgan fingerprint density at radius 1 is 0.557 bits per heavy atom. The standard InChI is InChI=1S/C45H62N6O19/c1-45(2,70-38-29(67-43(62)31(50-4)36(38)58)17-65-42(61)23-14-20(48)8-11-26(23)54)39-30(49-3)35(57)37(28(66-39)16-64-41(60)22-13-19(47)7-10-25(22)53)69-44-32(51-5)34(56)33(55)27(68-44)15-63-40(59)21-12-18(46)6-9-24(21)52/h6-14,27-39,43-44,49-58,62H,15-17,46-48H2,1-5H3. The first-order chi connectivity index (χ1) is 33.1. The van der Waals surface area contributed by atoms with Gasteiger partial charge in [0.25, 0.3) is 0 Å². The third kappa shape index (κ3) is 11.7. The molecule has 3 fully saturated rings. The normalized spacial score (nSPS) is 31.4. The minimum Gasteiger partial charge on any atom is -0.507 e. The summed E-state index contributed by atoms with van der Waals surface area (Å²) in [7, 11) is 4.36. The summed E-state index contributed by atoms with van der Waals surface area (Å²) in [6.07, 6.45) is -18.2. The SMILES string of the molecule is CNC1C(O)OC(COC(=O)c2cc(N)ccc2O)C(OC(C)(C)C2OC(COC(=O)c3cc(N)ccc3O)C(OC3OC(COC(=O)c4cc(N)ccc4O)C(O)C(O)C3NC)C(O)C2NC)C1O. The van der Waals surface area contributed by atoms with E-state index in [4.69, 9.17) is 55.1 Å². The van der Waals surface area contributed by atoms with Gasteiger partial charge in [0.1, 0.15) is 115 Å². The van der Waals surface area contributed by atoms with E-state index in [0.717, 1.165) is 0 Å². The molecule has 0 aliphatic carbocycles. The summed E-state index contributed by atoms with van der Waals surface area (Å²) in [5, 5.41) is 96.8. The minimum absolute atomic E-state index is 0.127. The number of nitrogens with two attached hydrogens (primary N) is 3. The summed E-state index contributed by atoms with van der Waals surface area (Å²) in [4.78, 5) is 39.5. The highest BCUT2D eigenvalue weighted by Gasteiger charge is 2.56. The Labute approximate surface area is 401 Å². The second-order valence-corrected chi connectivity index (χ2v) is 17.5. The van der Waals surface area contributed by atoms with Crippen molar-refractivity contribution in [3.8, 4) is 17.2 Å². The van der Waals surface area contributed by atoms with Gasteiger partial charge in [-0.15, -0.1) is 0 Å². The van der Waals surface area contributed by atoms with Crippen molar-refractivity contribution in [1.82, 2.24) is 16.0 Å². The van der Waals surface area contributed by atoms with Crippen LogP contribution in [0.25, 0.3) is 0 Å². The van der Waals surface area contributed by atoms with Gasteiger partial charge < -0.3 is 112 Å². The molecule has 15 unspecified atom stereocenters. The van der Waals surface area contributed by atoms with E-state index in [0.29, 0.717) is 0 Å². The highest BCUT2D eigenvalue weighted by Crippen LogP contribution is 2.37. The molecule has 6 rings (SSSR count). The van der Waals surface area contributed by atoms with Crippen LogP contribution >= 0.6 is 0 Å². The van der Waals surface area contributed by atoms with Crippen molar-refractivity contribution in [1.29, 1.82) is 0 Å². The number of esters is 3. The summed E-state index contributed by atoms with van der Waals surface area (Å²) in [5.74, 6) is -4.41. The lowest BCUT2D eigenvalue weighted by Crippen LogP contribution is -2.72. The number of phenols is 3. The first kappa shape index (κ1) is 53.7. The molecule has 0 spiro atoms. The Balaban J connectivity index is 1.28. The Morgan fingerprint density at radius 2 is 0.971 bits per heavy atom. The number of carbonyl (C=O) groups excluding carboxylic acids is 3. The van der Waals surface area contributed by atoms with Gasteiger partial charge in [-0.1, -0.05) is 0 Å². The molecule has 3 aliphatic heterocycles. The summed E-state index contributed by atoms with van der Waals surface area (Å²) in [6, 6.07) is 7.71. The van der Waals surface area contributed by atoms with Gasteiger partial charge in [0.15, 0.2) is 12.6 Å². The Kier molecular flexibility index (Phi) is 17.3. The molecule has 3 aromatic rings. The van der Waals surface area contributed by atoms with Gasteiger partial charge in [-0.05, 0) is 89.6 Å². The summed E-state index contributed by atoms with van der Waals surface area (Å²) < 4.78 is 48.0. The molecule has 0 amide bonds. The molecule has 3 heterocycles. The number of rotatable bonds is 17. The van der Waals surface area contributed by atoms with Crippen LogP contribution in [0.2, 0.25) is 0 Å². The highest BCUT2D eigenvalue weighted by atomic mass is 16.7. The van der Waals surface area contributed by atoms with E-state index in [1.807, 2.05) is 0 Å². The van der Waals surface area contributed by atoms with Crippen LogP contribution in [0.4, 0.5) is 17.1 Å². The van der Waals surface area contributed by atoms with E-state index in [-0.39, 0.29) is 33.8 Å². The lowest BCUT2D eigenvalue weighted by atomic mass is 9.84. The summed E-state index contributed by atoms with van der Waals surface area (Å²) in [5.41, 5.74) is 15.4. The van der Waals surface area contributed by atoms with Gasteiger partial charge in [0.05, 0.1) is 23.7 Å². The number of nitrogen functional groups attached to an aromatic ring is 3. The molecule has 3 aromatic carbocycles. The van der Waals surface area contributed by atoms with Crippen molar-refractivity contribution in [2.24, 2.45) is 0 Å².